The summed E-state index contributed by atoms with van der Waals surface area (Å²) in [4.78, 5) is 4.51. The Hall–Kier alpha value is -3.39. The Morgan fingerprint density at radius 1 is 1.03 bits per heavy atom. The van der Waals surface area contributed by atoms with E-state index >= 15 is 0 Å². The van der Waals surface area contributed by atoms with Gasteiger partial charge in [-0.05, 0) is 43.5 Å². The number of anilines is 1. The van der Waals surface area contributed by atoms with Crippen LogP contribution in [-0.2, 0) is 10.0 Å². The number of sulfonamides is 1. The van der Waals surface area contributed by atoms with Gasteiger partial charge in [0, 0.05) is 28.8 Å². The van der Waals surface area contributed by atoms with Gasteiger partial charge in [-0.25, -0.2) is 13.4 Å². The molecule has 0 radical (unpaired) electrons. The van der Waals surface area contributed by atoms with Crippen molar-refractivity contribution in [2.24, 2.45) is 0 Å². The number of oxazole rings is 1. The van der Waals surface area contributed by atoms with Crippen LogP contribution in [0, 0.1) is 6.92 Å². The van der Waals surface area contributed by atoms with Crippen LogP contribution < -0.4 is 4.72 Å². The Balaban J connectivity index is 1.46. The molecule has 1 aliphatic carbocycles. The molecule has 0 amide bonds. The maximum absolute atomic E-state index is 13.1. The van der Waals surface area contributed by atoms with Gasteiger partial charge in [-0.3, -0.25) is 4.72 Å². The topological polar surface area (TPSA) is 98.2 Å². The van der Waals surface area contributed by atoms with Gasteiger partial charge in [0.25, 0.3) is 10.0 Å². The Morgan fingerprint density at radius 3 is 2.63 bits per heavy atom. The van der Waals surface area contributed by atoms with Crippen LogP contribution >= 0.6 is 0 Å². The smallest absolute Gasteiger partial charge is 0.262 e. The van der Waals surface area contributed by atoms with Crippen molar-refractivity contribution in [3.63, 3.8) is 0 Å². The van der Waals surface area contributed by atoms with Gasteiger partial charge in [0.15, 0.2) is 17.4 Å². The summed E-state index contributed by atoms with van der Waals surface area (Å²) in [5.41, 5.74) is 2.48. The fourth-order valence-electron chi connectivity index (χ4n) is 3.29. The zero-order valence-electron chi connectivity index (χ0n) is 16.2. The van der Waals surface area contributed by atoms with E-state index in [4.69, 9.17) is 8.94 Å². The van der Waals surface area contributed by atoms with Crippen LogP contribution in [0.2, 0.25) is 0 Å². The van der Waals surface area contributed by atoms with Crippen LogP contribution in [0.1, 0.15) is 30.2 Å². The molecule has 0 unspecified atom stereocenters. The molecular formula is C22H19N3O4S. The van der Waals surface area contributed by atoms with Gasteiger partial charge >= 0.3 is 0 Å². The molecule has 1 fully saturated rings. The zero-order valence-corrected chi connectivity index (χ0v) is 17.0. The fourth-order valence-corrected chi connectivity index (χ4v) is 4.62. The van der Waals surface area contributed by atoms with Crippen molar-refractivity contribution in [3.05, 3.63) is 72.4 Å². The molecule has 0 bridgehead atoms. The molecule has 2 aromatic heterocycles. The van der Waals surface area contributed by atoms with Crippen molar-refractivity contribution in [1.82, 2.24) is 10.1 Å². The van der Waals surface area contributed by atoms with Gasteiger partial charge in [-0.1, -0.05) is 29.4 Å². The largest absolute Gasteiger partial charge is 0.440 e. The van der Waals surface area contributed by atoms with Crippen LogP contribution in [0.3, 0.4) is 0 Å². The summed E-state index contributed by atoms with van der Waals surface area (Å²) in [6.45, 7) is 1.76. The van der Waals surface area contributed by atoms with E-state index in [9.17, 15) is 8.42 Å². The van der Waals surface area contributed by atoms with Crippen molar-refractivity contribution in [3.8, 4) is 22.6 Å². The lowest BCUT2D eigenvalue weighted by molar-refractivity contribution is 0.432. The number of aryl methyl sites for hydroxylation is 1. The summed E-state index contributed by atoms with van der Waals surface area (Å²) in [6.07, 6.45) is 5.37. The summed E-state index contributed by atoms with van der Waals surface area (Å²) in [5, 5.41) is 3.69. The summed E-state index contributed by atoms with van der Waals surface area (Å²) in [6, 6.07) is 13.9. The average Bonchev–Trinajstić information content (AvgIpc) is 3.22. The summed E-state index contributed by atoms with van der Waals surface area (Å²) < 4.78 is 39.9. The first-order valence-electron chi connectivity index (χ1n) is 9.60. The molecule has 4 aromatic rings. The molecule has 1 aliphatic rings. The minimum atomic E-state index is -3.82. The van der Waals surface area contributed by atoms with Gasteiger partial charge in [0.05, 0.1) is 17.3 Å². The Bertz CT molecular complexity index is 1310. The van der Waals surface area contributed by atoms with Gasteiger partial charge in [-0.2, -0.15) is 0 Å². The molecule has 1 saturated carbocycles. The predicted octanol–water partition coefficient (Wildman–Crippen LogP) is 4.98. The van der Waals surface area contributed by atoms with Crippen LogP contribution in [0.25, 0.3) is 22.6 Å². The first kappa shape index (κ1) is 18.6. The highest BCUT2D eigenvalue weighted by Crippen LogP contribution is 2.40. The summed E-state index contributed by atoms with van der Waals surface area (Å²) in [5.74, 6) is 2.25. The van der Waals surface area contributed by atoms with Crippen molar-refractivity contribution < 1.29 is 17.4 Å². The molecule has 5 rings (SSSR count). The van der Waals surface area contributed by atoms with E-state index in [0.717, 1.165) is 24.3 Å². The van der Waals surface area contributed by atoms with Crippen molar-refractivity contribution in [2.75, 3.05) is 4.72 Å². The number of rotatable bonds is 6. The standard InChI is InChI=1S/C22H19N3O4S/c1-14-5-6-17(20-13-23-22(28-20)15-7-8-15)12-21(14)30(26,27)25-18-4-2-3-16(11-18)19-9-10-24-29-19/h2-6,9-13,15,25H,7-8H2,1H3. The van der Waals surface area contributed by atoms with E-state index in [0.29, 0.717) is 34.3 Å². The molecule has 7 nitrogen and oxygen atoms in total. The molecule has 0 atom stereocenters. The number of aromatic nitrogens is 2. The third-order valence-corrected chi connectivity index (χ3v) is 6.57. The van der Waals surface area contributed by atoms with E-state index < -0.39 is 10.0 Å². The lowest BCUT2D eigenvalue weighted by Crippen LogP contribution is -2.14. The van der Waals surface area contributed by atoms with Gasteiger partial charge in [0.1, 0.15) is 0 Å². The Kier molecular flexibility index (Phi) is 4.43. The zero-order chi connectivity index (χ0) is 20.7. The molecular weight excluding hydrogens is 402 g/mol. The van der Waals surface area contributed by atoms with Crippen LogP contribution in [0.15, 0.2) is 74.8 Å². The lowest BCUT2D eigenvalue weighted by atomic mass is 10.1. The molecule has 30 heavy (non-hydrogen) atoms. The summed E-state index contributed by atoms with van der Waals surface area (Å²) in [7, 11) is -3.82. The fraction of sp³-hybridized carbons (Fsp3) is 0.182. The van der Waals surface area contributed by atoms with Crippen LogP contribution in [-0.4, -0.2) is 18.6 Å². The van der Waals surface area contributed by atoms with E-state index in [-0.39, 0.29) is 4.90 Å². The minimum absolute atomic E-state index is 0.189. The average molecular weight is 421 g/mol. The molecule has 1 N–H and O–H groups in total. The van der Waals surface area contributed by atoms with Crippen molar-refractivity contribution in [2.45, 2.75) is 30.6 Å². The van der Waals surface area contributed by atoms with Gasteiger partial charge < -0.3 is 8.94 Å². The lowest BCUT2D eigenvalue weighted by Gasteiger charge is -2.12. The molecule has 152 valence electrons. The maximum atomic E-state index is 13.1. The first-order chi connectivity index (χ1) is 14.5. The molecule has 0 aliphatic heterocycles. The van der Waals surface area contributed by atoms with Crippen LogP contribution in [0.4, 0.5) is 5.69 Å². The van der Waals surface area contributed by atoms with Gasteiger partial charge in [0.2, 0.25) is 0 Å². The quantitative estimate of drug-likeness (QED) is 0.471. The Morgan fingerprint density at radius 2 is 1.87 bits per heavy atom. The molecule has 0 spiro atoms. The second kappa shape index (κ2) is 7.14. The third kappa shape index (κ3) is 3.61. The number of hydrogen-bond acceptors (Lipinski definition) is 6. The molecule has 0 saturated heterocycles. The maximum Gasteiger partial charge on any atom is 0.262 e. The predicted molar refractivity (Wildman–Crippen MR) is 111 cm³/mol. The SMILES string of the molecule is Cc1ccc(-c2cnc(C3CC3)o2)cc1S(=O)(=O)Nc1cccc(-c2ccno2)c1. The molecule has 2 aromatic carbocycles. The first-order valence-corrected chi connectivity index (χ1v) is 11.1. The van der Waals surface area contributed by atoms with E-state index in [2.05, 4.69) is 14.9 Å². The molecule has 2 heterocycles. The minimum Gasteiger partial charge on any atom is -0.440 e. The third-order valence-electron chi connectivity index (χ3n) is 5.05. The van der Waals surface area contributed by atoms with Crippen LogP contribution in [0.5, 0.6) is 0 Å². The number of nitrogens with zero attached hydrogens (tertiary/aromatic N) is 2. The normalized spacial score (nSPS) is 14.0. The summed E-state index contributed by atoms with van der Waals surface area (Å²) >= 11 is 0. The van der Waals surface area contributed by atoms with E-state index in [1.165, 1.54) is 0 Å². The van der Waals surface area contributed by atoms with E-state index in [1.807, 2.05) is 12.1 Å². The van der Waals surface area contributed by atoms with Crippen molar-refractivity contribution >= 4 is 15.7 Å². The monoisotopic (exact) mass is 421 g/mol. The number of benzene rings is 2. The second-order valence-corrected chi connectivity index (χ2v) is 9.03. The second-order valence-electron chi connectivity index (χ2n) is 7.38. The van der Waals surface area contributed by atoms with Gasteiger partial charge in [-0.15, -0.1) is 0 Å². The highest BCUT2D eigenvalue weighted by atomic mass is 32.2. The number of nitrogens with one attached hydrogen (secondary N) is 1. The highest BCUT2D eigenvalue weighted by molar-refractivity contribution is 7.92. The highest BCUT2D eigenvalue weighted by Gasteiger charge is 2.29. The molecule has 8 heteroatoms. The Labute approximate surface area is 173 Å². The van der Waals surface area contributed by atoms with Crippen molar-refractivity contribution in [1.29, 1.82) is 0 Å². The van der Waals surface area contributed by atoms with E-state index in [1.54, 1.807) is 55.7 Å². The number of hydrogen-bond donors (Lipinski definition) is 1.